The lowest BCUT2D eigenvalue weighted by Gasteiger charge is -1.96. The average molecular weight is 207 g/mol. The van der Waals surface area contributed by atoms with Crippen LogP contribution >= 0.6 is 0 Å². The van der Waals surface area contributed by atoms with Crippen molar-refractivity contribution in [1.82, 2.24) is 5.32 Å². The van der Waals surface area contributed by atoms with E-state index in [4.69, 9.17) is 4.42 Å². The van der Waals surface area contributed by atoms with Gasteiger partial charge >= 0.3 is 0 Å². The Bertz CT molecular complexity index is 437. The van der Waals surface area contributed by atoms with Crippen molar-refractivity contribution < 1.29 is 8.81 Å². The van der Waals surface area contributed by atoms with Gasteiger partial charge in [-0.1, -0.05) is 13.0 Å². The summed E-state index contributed by atoms with van der Waals surface area (Å²) < 4.78 is 19.0. The van der Waals surface area contributed by atoms with Gasteiger partial charge in [-0.15, -0.1) is 0 Å². The molecule has 0 amide bonds. The summed E-state index contributed by atoms with van der Waals surface area (Å²) in [4.78, 5) is 0. The van der Waals surface area contributed by atoms with Crippen molar-refractivity contribution in [3.8, 4) is 0 Å². The minimum Gasteiger partial charge on any atom is -0.459 e. The van der Waals surface area contributed by atoms with Gasteiger partial charge in [-0.3, -0.25) is 0 Å². The number of fused-ring (bicyclic) bond motifs is 1. The zero-order valence-corrected chi connectivity index (χ0v) is 8.93. The molecule has 0 saturated carbocycles. The van der Waals surface area contributed by atoms with Gasteiger partial charge in [-0.25, -0.2) is 4.39 Å². The van der Waals surface area contributed by atoms with Crippen LogP contribution in [0, 0.1) is 12.7 Å². The number of rotatable bonds is 3. The van der Waals surface area contributed by atoms with Gasteiger partial charge in [0, 0.05) is 0 Å². The van der Waals surface area contributed by atoms with E-state index in [-0.39, 0.29) is 5.82 Å². The van der Waals surface area contributed by atoms with E-state index in [1.54, 1.807) is 12.1 Å². The van der Waals surface area contributed by atoms with Gasteiger partial charge in [0.1, 0.15) is 17.2 Å². The minimum absolute atomic E-state index is 0.220. The first kappa shape index (κ1) is 10.2. The van der Waals surface area contributed by atoms with Crippen LogP contribution in [0.2, 0.25) is 0 Å². The van der Waals surface area contributed by atoms with E-state index in [1.807, 2.05) is 13.8 Å². The van der Waals surface area contributed by atoms with Crippen molar-refractivity contribution in [1.29, 1.82) is 0 Å². The molecule has 80 valence electrons. The molecule has 15 heavy (non-hydrogen) atoms. The fraction of sp³-hybridized carbons (Fsp3) is 0.333. The maximum Gasteiger partial charge on any atom is 0.140 e. The van der Waals surface area contributed by atoms with E-state index in [0.29, 0.717) is 17.5 Å². The molecule has 2 rings (SSSR count). The summed E-state index contributed by atoms with van der Waals surface area (Å²) in [6.07, 6.45) is 0. The molecule has 2 aromatic rings. The summed E-state index contributed by atoms with van der Waals surface area (Å²) in [5.41, 5.74) is 1.62. The van der Waals surface area contributed by atoms with Crippen molar-refractivity contribution in [2.75, 3.05) is 6.54 Å². The zero-order chi connectivity index (χ0) is 10.8. The van der Waals surface area contributed by atoms with Crippen molar-refractivity contribution in [2.24, 2.45) is 0 Å². The van der Waals surface area contributed by atoms with Gasteiger partial charge in [-0.2, -0.15) is 0 Å². The summed E-state index contributed by atoms with van der Waals surface area (Å²) >= 11 is 0. The third-order valence-corrected chi connectivity index (χ3v) is 2.43. The molecule has 0 fully saturated rings. The lowest BCUT2D eigenvalue weighted by atomic mass is 10.1. The van der Waals surface area contributed by atoms with Crippen LogP contribution < -0.4 is 5.32 Å². The Kier molecular flexibility index (Phi) is 2.73. The molecule has 3 heteroatoms. The van der Waals surface area contributed by atoms with Crippen LogP contribution in [0.25, 0.3) is 11.0 Å². The highest BCUT2D eigenvalue weighted by atomic mass is 19.1. The van der Waals surface area contributed by atoms with E-state index >= 15 is 0 Å². The molecule has 0 aliphatic heterocycles. The Morgan fingerprint density at radius 1 is 1.40 bits per heavy atom. The Hall–Kier alpha value is -1.35. The Balaban J connectivity index is 2.45. The second kappa shape index (κ2) is 4.03. The molecular formula is C12H14FNO. The Morgan fingerprint density at radius 2 is 2.20 bits per heavy atom. The molecular weight excluding hydrogens is 193 g/mol. The predicted molar refractivity (Wildman–Crippen MR) is 58.3 cm³/mol. The van der Waals surface area contributed by atoms with E-state index in [1.165, 1.54) is 6.07 Å². The lowest BCUT2D eigenvalue weighted by Crippen LogP contribution is -2.10. The van der Waals surface area contributed by atoms with Crippen molar-refractivity contribution in [3.05, 3.63) is 35.3 Å². The maximum absolute atomic E-state index is 13.4. The van der Waals surface area contributed by atoms with Gasteiger partial charge < -0.3 is 9.73 Å². The van der Waals surface area contributed by atoms with Crippen LogP contribution in [0.15, 0.2) is 22.6 Å². The summed E-state index contributed by atoms with van der Waals surface area (Å²) in [6.45, 7) is 5.46. The number of furan rings is 1. The van der Waals surface area contributed by atoms with E-state index < -0.39 is 0 Å². The van der Waals surface area contributed by atoms with Crippen molar-refractivity contribution in [2.45, 2.75) is 20.4 Å². The molecule has 0 unspecified atom stereocenters. The van der Waals surface area contributed by atoms with Crippen LogP contribution in [-0.4, -0.2) is 6.54 Å². The molecule has 0 aliphatic rings. The topological polar surface area (TPSA) is 25.2 Å². The number of hydrogen-bond acceptors (Lipinski definition) is 2. The number of aryl methyl sites for hydroxylation is 1. The average Bonchev–Trinajstić information content (AvgIpc) is 2.66. The van der Waals surface area contributed by atoms with Crippen LogP contribution in [0.3, 0.4) is 0 Å². The first-order valence-corrected chi connectivity index (χ1v) is 5.10. The Labute approximate surface area is 88.1 Å². The summed E-state index contributed by atoms with van der Waals surface area (Å²) in [5.74, 6) is 0.558. The molecule has 0 atom stereocenters. The molecule has 0 aliphatic carbocycles. The monoisotopic (exact) mass is 207 g/mol. The van der Waals surface area contributed by atoms with Gasteiger partial charge in [0.05, 0.1) is 11.9 Å². The highest BCUT2D eigenvalue weighted by molar-refractivity contribution is 5.81. The maximum atomic E-state index is 13.4. The molecule has 0 radical (unpaired) electrons. The molecule has 0 bridgehead atoms. The molecule has 0 spiro atoms. The first-order valence-electron chi connectivity index (χ1n) is 5.10. The fourth-order valence-electron chi connectivity index (χ4n) is 1.61. The molecule has 0 saturated heterocycles. The third-order valence-electron chi connectivity index (χ3n) is 2.43. The molecule has 1 aromatic carbocycles. The van der Waals surface area contributed by atoms with Crippen LogP contribution in [0.5, 0.6) is 0 Å². The Morgan fingerprint density at radius 3 is 2.87 bits per heavy atom. The summed E-state index contributed by atoms with van der Waals surface area (Å²) in [7, 11) is 0. The molecule has 1 heterocycles. The second-order valence-corrected chi connectivity index (χ2v) is 3.60. The molecule has 1 aromatic heterocycles. The van der Waals surface area contributed by atoms with E-state index in [9.17, 15) is 4.39 Å². The smallest absolute Gasteiger partial charge is 0.140 e. The summed E-state index contributed by atoms with van der Waals surface area (Å²) in [5, 5.41) is 3.72. The SMILES string of the molecule is CCNCc1cc2c(F)ccc(C)c2o1. The lowest BCUT2D eigenvalue weighted by molar-refractivity contribution is 0.518. The number of hydrogen-bond donors (Lipinski definition) is 1. The van der Waals surface area contributed by atoms with Crippen LogP contribution in [-0.2, 0) is 6.54 Å². The standard InChI is InChI=1S/C12H14FNO/c1-3-14-7-9-6-10-11(13)5-4-8(2)12(10)15-9/h4-6,14H,3,7H2,1-2H3. The normalized spacial score (nSPS) is 11.1. The second-order valence-electron chi connectivity index (χ2n) is 3.60. The largest absolute Gasteiger partial charge is 0.459 e. The van der Waals surface area contributed by atoms with E-state index in [0.717, 1.165) is 17.9 Å². The van der Waals surface area contributed by atoms with Gasteiger partial charge in [0.25, 0.3) is 0 Å². The quantitative estimate of drug-likeness (QED) is 0.837. The first-order chi connectivity index (χ1) is 7.22. The van der Waals surface area contributed by atoms with Gasteiger partial charge in [-0.05, 0) is 31.2 Å². The molecule has 2 nitrogen and oxygen atoms in total. The highest BCUT2D eigenvalue weighted by Crippen LogP contribution is 2.25. The third kappa shape index (κ3) is 1.88. The fourth-order valence-corrected chi connectivity index (χ4v) is 1.61. The van der Waals surface area contributed by atoms with Crippen molar-refractivity contribution >= 4 is 11.0 Å². The van der Waals surface area contributed by atoms with Gasteiger partial charge in [0.2, 0.25) is 0 Å². The summed E-state index contributed by atoms with van der Waals surface area (Å²) in [6, 6.07) is 4.97. The number of benzene rings is 1. The van der Waals surface area contributed by atoms with Crippen LogP contribution in [0.1, 0.15) is 18.2 Å². The van der Waals surface area contributed by atoms with Gasteiger partial charge in [0.15, 0.2) is 0 Å². The predicted octanol–water partition coefficient (Wildman–Crippen LogP) is 2.99. The van der Waals surface area contributed by atoms with Crippen molar-refractivity contribution in [3.63, 3.8) is 0 Å². The van der Waals surface area contributed by atoms with Crippen LogP contribution in [0.4, 0.5) is 4.39 Å². The number of nitrogens with one attached hydrogen (secondary N) is 1. The highest BCUT2D eigenvalue weighted by Gasteiger charge is 2.09. The minimum atomic E-state index is -0.220. The zero-order valence-electron chi connectivity index (χ0n) is 8.93. The van der Waals surface area contributed by atoms with E-state index in [2.05, 4.69) is 5.32 Å². The number of halogens is 1. The molecule has 1 N–H and O–H groups in total.